The molecule has 0 spiro atoms. The molecule has 8 nitrogen and oxygen atoms in total. The molecule has 0 unspecified atom stereocenters. The Morgan fingerprint density at radius 2 is 1.57 bits per heavy atom. The van der Waals surface area contributed by atoms with Crippen molar-refractivity contribution in [2.45, 2.75) is 55.6 Å². The van der Waals surface area contributed by atoms with Crippen LogP contribution in [0.4, 0.5) is 5.69 Å². The van der Waals surface area contributed by atoms with Crippen molar-refractivity contribution in [3.05, 3.63) is 124 Å². The van der Waals surface area contributed by atoms with Crippen molar-refractivity contribution in [2.24, 2.45) is 0 Å². The molecule has 1 N–H and O–H groups in total. The van der Waals surface area contributed by atoms with Crippen molar-refractivity contribution in [3.8, 4) is 5.75 Å². The quantitative estimate of drug-likeness (QED) is 0.159. The maximum atomic E-state index is 14.6. The van der Waals surface area contributed by atoms with E-state index in [9.17, 15) is 18.0 Å². The number of nitrogens with zero attached hydrogens (tertiary/aromatic N) is 2. The number of sulfonamides is 1. The Balaban J connectivity index is 1.56. The number of halogens is 2. The summed E-state index contributed by atoms with van der Waals surface area (Å²) in [5, 5.41) is 3.61. The summed E-state index contributed by atoms with van der Waals surface area (Å²) in [5.41, 5.74) is 1.93. The molecule has 0 radical (unpaired) electrons. The average molecular weight is 739 g/mol. The van der Waals surface area contributed by atoms with Crippen molar-refractivity contribution in [1.29, 1.82) is 0 Å². The molecule has 0 heterocycles. The van der Waals surface area contributed by atoms with Crippen LogP contribution in [0.2, 0.25) is 5.02 Å². The minimum absolute atomic E-state index is 0.0144. The molecular formula is C36H37BrClN3O5S. The zero-order chi connectivity index (χ0) is 33.4. The molecule has 11 heteroatoms. The summed E-state index contributed by atoms with van der Waals surface area (Å²) in [6, 6.07) is 28.4. The zero-order valence-corrected chi connectivity index (χ0v) is 29.2. The number of hydrogen-bond acceptors (Lipinski definition) is 5. The lowest BCUT2D eigenvalue weighted by atomic mass is 10.0. The predicted octanol–water partition coefficient (Wildman–Crippen LogP) is 7.01. The number of carbonyl (C=O) groups is 2. The Morgan fingerprint density at radius 3 is 2.21 bits per heavy atom. The minimum Gasteiger partial charge on any atom is -0.497 e. The lowest BCUT2D eigenvalue weighted by Crippen LogP contribution is -2.54. The molecular weight excluding hydrogens is 702 g/mol. The van der Waals surface area contributed by atoms with Crippen LogP contribution >= 0.6 is 27.5 Å². The monoisotopic (exact) mass is 737 g/mol. The van der Waals surface area contributed by atoms with Gasteiger partial charge < -0.3 is 15.0 Å². The van der Waals surface area contributed by atoms with Crippen molar-refractivity contribution >= 4 is 55.1 Å². The van der Waals surface area contributed by atoms with Gasteiger partial charge in [-0.2, -0.15) is 0 Å². The fourth-order valence-corrected chi connectivity index (χ4v) is 7.75. The number of carbonyl (C=O) groups excluding carboxylic acids is 2. The molecule has 1 aliphatic carbocycles. The van der Waals surface area contributed by atoms with Crippen LogP contribution in [0.1, 0.15) is 36.8 Å². The SMILES string of the molecule is COc1ccc(S(=O)(=O)N(CC(=O)N(Cc2cccc(Br)c2)[C@@H](Cc2ccccc2)C(=O)NC2CCCC2)c2ccc(Cl)cc2)cc1. The van der Waals surface area contributed by atoms with Crippen molar-refractivity contribution in [3.63, 3.8) is 0 Å². The molecule has 0 bridgehead atoms. The second kappa shape index (κ2) is 15.8. The molecule has 1 aliphatic rings. The summed E-state index contributed by atoms with van der Waals surface area (Å²) in [4.78, 5) is 30.2. The Morgan fingerprint density at radius 1 is 0.915 bits per heavy atom. The Kier molecular flexibility index (Phi) is 11.6. The van der Waals surface area contributed by atoms with Crippen LogP contribution in [-0.4, -0.2) is 50.9 Å². The maximum Gasteiger partial charge on any atom is 0.264 e. The number of hydrogen-bond donors (Lipinski definition) is 1. The van der Waals surface area contributed by atoms with E-state index in [2.05, 4.69) is 21.2 Å². The summed E-state index contributed by atoms with van der Waals surface area (Å²) in [6.07, 6.45) is 4.09. The summed E-state index contributed by atoms with van der Waals surface area (Å²) in [5.74, 6) is -0.296. The van der Waals surface area contributed by atoms with Crippen molar-refractivity contribution in [2.75, 3.05) is 18.0 Å². The highest BCUT2D eigenvalue weighted by molar-refractivity contribution is 9.10. The zero-order valence-electron chi connectivity index (χ0n) is 26.0. The van der Waals surface area contributed by atoms with E-state index in [1.807, 2.05) is 54.6 Å². The van der Waals surface area contributed by atoms with Gasteiger partial charge in [0.15, 0.2) is 0 Å². The van der Waals surface area contributed by atoms with Gasteiger partial charge in [0, 0.05) is 28.5 Å². The van der Waals surface area contributed by atoms with Gasteiger partial charge in [0.2, 0.25) is 11.8 Å². The van der Waals surface area contributed by atoms with Gasteiger partial charge in [-0.15, -0.1) is 0 Å². The molecule has 246 valence electrons. The third-order valence-electron chi connectivity index (χ3n) is 8.26. The molecule has 1 fully saturated rings. The smallest absolute Gasteiger partial charge is 0.264 e. The van der Waals surface area contributed by atoms with Gasteiger partial charge in [0.1, 0.15) is 18.3 Å². The first-order valence-corrected chi connectivity index (χ1v) is 18.1. The molecule has 2 amide bonds. The highest BCUT2D eigenvalue weighted by atomic mass is 79.9. The van der Waals surface area contributed by atoms with E-state index in [-0.39, 0.29) is 35.5 Å². The van der Waals surface area contributed by atoms with E-state index in [0.717, 1.165) is 45.6 Å². The molecule has 1 saturated carbocycles. The molecule has 5 rings (SSSR count). The number of anilines is 1. The highest BCUT2D eigenvalue weighted by Crippen LogP contribution is 2.28. The van der Waals surface area contributed by atoms with Gasteiger partial charge in [0.05, 0.1) is 17.7 Å². The van der Waals surface area contributed by atoms with Crippen LogP contribution in [0.5, 0.6) is 5.75 Å². The lowest BCUT2D eigenvalue weighted by Gasteiger charge is -2.34. The van der Waals surface area contributed by atoms with Crippen LogP contribution in [0.3, 0.4) is 0 Å². The number of methoxy groups -OCH3 is 1. The minimum atomic E-state index is -4.24. The standard InChI is InChI=1S/C36H37BrClN3O5S/c1-46-32-18-20-33(21-19-32)47(44,45)41(31-16-14-29(38)15-17-31)25-35(42)40(24-27-10-7-11-28(37)22-27)34(23-26-8-3-2-4-9-26)36(43)39-30-12-5-6-13-30/h2-4,7-11,14-22,30,34H,5-6,12-13,23-25H2,1H3,(H,39,43)/t34-/m0/s1. The van der Waals surface area contributed by atoms with Crippen LogP contribution in [-0.2, 0) is 32.6 Å². The number of nitrogens with one attached hydrogen (secondary N) is 1. The summed E-state index contributed by atoms with van der Waals surface area (Å²) in [6.45, 7) is -0.461. The van der Waals surface area contributed by atoms with E-state index < -0.39 is 28.5 Å². The van der Waals surface area contributed by atoms with Crippen molar-refractivity contribution in [1.82, 2.24) is 10.2 Å². The largest absolute Gasteiger partial charge is 0.497 e. The normalized spacial score (nSPS) is 13.9. The molecule has 47 heavy (non-hydrogen) atoms. The molecule has 0 aromatic heterocycles. The first-order chi connectivity index (χ1) is 22.6. The third kappa shape index (κ3) is 8.94. The summed E-state index contributed by atoms with van der Waals surface area (Å²) < 4.78 is 35.5. The molecule has 4 aromatic rings. The summed E-state index contributed by atoms with van der Waals surface area (Å²) in [7, 11) is -2.75. The van der Waals surface area contributed by atoms with Crippen LogP contribution in [0.25, 0.3) is 0 Å². The average Bonchev–Trinajstić information content (AvgIpc) is 3.59. The fraction of sp³-hybridized carbons (Fsp3) is 0.278. The van der Waals surface area contributed by atoms with Gasteiger partial charge >= 0.3 is 0 Å². The second-order valence-electron chi connectivity index (χ2n) is 11.5. The van der Waals surface area contributed by atoms with E-state index in [0.29, 0.717) is 10.8 Å². The third-order valence-corrected chi connectivity index (χ3v) is 10.8. The van der Waals surface area contributed by atoms with Gasteiger partial charge in [-0.3, -0.25) is 13.9 Å². The number of amides is 2. The second-order valence-corrected chi connectivity index (χ2v) is 14.7. The van der Waals surface area contributed by atoms with Gasteiger partial charge in [-0.1, -0.05) is 82.8 Å². The number of benzene rings is 4. The molecule has 0 aliphatic heterocycles. The van der Waals surface area contributed by atoms with E-state index in [1.54, 1.807) is 36.4 Å². The van der Waals surface area contributed by atoms with Crippen LogP contribution in [0.15, 0.2) is 112 Å². The van der Waals surface area contributed by atoms with E-state index >= 15 is 0 Å². The number of ether oxygens (including phenoxy) is 1. The first-order valence-electron chi connectivity index (χ1n) is 15.4. The topological polar surface area (TPSA) is 96.0 Å². The maximum absolute atomic E-state index is 14.6. The van der Waals surface area contributed by atoms with Crippen LogP contribution < -0.4 is 14.4 Å². The van der Waals surface area contributed by atoms with E-state index in [1.165, 1.54) is 24.1 Å². The number of rotatable bonds is 13. The van der Waals surface area contributed by atoms with Gasteiger partial charge in [-0.05, 0) is 84.6 Å². The Bertz CT molecular complexity index is 1770. The molecule has 4 aromatic carbocycles. The van der Waals surface area contributed by atoms with Gasteiger partial charge in [0.25, 0.3) is 10.0 Å². The highest BCUT2D eigenvalue weighted by Gasteiger charge is 2.35. The molecule has 0 saturated heterocycles. The Labute approximate surface area is 289 Å². The predicted molar refractivity (Wildman–Crippen MR) is 188 cm³/mol. The van der Waals surface area contributed by atoms with Gasteiger partial charge in [-0.25, -0.2) is 8.42 Å². The molecule has 1 atom stereocenters. The van der Waals surface area contributed by atoms with Crippen molar-refractivity contribution < 1.29 is 22.7 Å². The lowest BCUT2D eigenvalue weighted by molar-refractivity contribution is -0.140. The first kappa shape index (κ1) is 34.5. The Hall–Kier alpha value is -3.86. The fourth-order valence-electron chi connectivity index (χ4n) is 5.76. The van der Waals surface area contributed by atoms with Crippen LogP contribution in [0, 0.1) is 0 Å². The summed E-state index contributed by atoms with van der Waals surface area (Å²) >= 11 is 9.67. The van der Waals surface area contributed by atoms with E-state index in [4.69, 9.17) is 16.3 Å².